The number of aryl methyl sites for hydroxylation is 1. The molecule has 0 amide bonds. The van der Waals surface area contributed by atoms with Gasteiger partial charge in [-0.05, 0) is 32.0 Å². The Balaban J connectivity index is 2.46. The molecule has 0 N–H and O–H groups in total. The minimum Gasteiger partial charge on any atom is -0.294 e. The zero-order valence-electron chi connectivity index (χ0n) is 10.3. The molecule has 0 saturated heterocycles. The molecule has 0 aliphatic heterocycles. The van der Waals surface area contributed by atoms with E-state index in [2.05, 4.69) is 0 Å². The average Bonchev–Trinajstić information content (AvgIpc) is 2.39. The second-order valence-corrected chi connectivity index (χ2v) is 5.58. The van der Waals surface area contributed by atoms with Crippen molar-refractivity contribution >= 4 is 16.6 Å². The Kier molecular flexibility index (Phi) is 3.72. The van der Waals surface area contributed by atoms with Crippen LogP contribution in [0.15, 0.2) is 58.3 Å². The van der Waals surface area contributed by atoms with Gasteiger partial charge >= 0.3 is 0 Å². The topological polar surface area (TPSA) is 34.1 Å². The van der Waals surface area contributed by atoms with Crippen LogP contribution in [0.3, 0.4) is 0 Å². The van der Waals surface area contributed by atoms with Gasteiger partial charge in [-0.15, -0.1) is 0 Å². The van der Waals surface area contributed by atoms with Crippen molar-refractivity contribution in [2.24, 2.45) is 0 Å². The Morgan fingerprint density at radius 1 is 1.00 bits per heavy atom. The summed E-state index contributed by atoms with van der Waals surface area (Å²) >= 11 is 0. The van der Waals surface area contributed by atoms with Crippen molar-refractivity contribution in [1.82, 2.24) is 0 Å². The summed E-state index contributed by atoms with van der Waals surface area (Å²) in [7, 11) is -1.31. The van der Waals surface area contributed by atoms with Crippen molar-refractivity contribution in [3.8, 4) is 0 Å². The summed E-state index contributed by atoms with van der Waals surface area (Å²) in [5.74, 6) is -0.0638. The molecule has 0 aromatic heterocycles. The van der Waals surface area contributed by atoms with Gasteiger partial charge in [0.15, 0.2) is 5.78 Å². The molecule has 0 fully saturated rings. The zero-order valence-corrected chi connectivity index (χ0v) is 11.2. The van der Waals surface area contributed by atoms with Crippen molar-refractivity contribution in [1.29, 1.82) is 0 Å². The van der Waals surface area contributed by atoms with Gasteiger partial charge in [0.1, 0.15) is 0 Å². The lowest BCUT2D eigenvalue weighted by atomic mass is 10.1. The summed E-state index contributed by atoms with van der Waals surface area (Å²) in [6, 6.07) is 14.6. The summed E-state index contributed by atoms with van der Waals surface area (Å²) in [6.45, 7) is 3.47. The largest absolute Gasteiger partial charge is 0.294 e. The molecule has 0 saturated carbocycles. The Morgan fingerprint density at radius 2 is 1.61 bits per heavy atom. The molecule has 92 valence electrons. The van der Waals surface area contributed by atoms with Crippen LogP contribution in [-0.4, -0.2) is 9.99 Å². The zero-order chi connectivity index (χ0) is 13.1. The highest BCUT2D eigenvalue weighted by Crippen LogP contribution is 2.20. The SMILES string of the molecule is CC(=O)c1ccccc1[S@@](=O)c1ccc(C)cc1. The van der Waals surface area contributed by atoms with Gasteiger partial charge in [0.05, 0.1) is 15.7 Å². The summed E-state index contributed by atoms with van der Waals surface area (Å²) < 4.78 is 12.4. The number of carbonyl (C=O) groups excluding carboxylic acids is 1. The van der Waals surface area contributed by atoms with Crippen LogP contribution in [0, 0.1) is 6.92 Å². The van der Waals surface area contributed by atoms with Crippen molar-refractivity contribution < 1.29 is 9.00 Å². The normalized spacial score (nSPS) is 12.1. The number of rotatable bonds is 3. The molecule has 1 atom stereocenters. The number of benzene rings is 2. The molecule has 0 radical (unpaired) electrons. The fraction of sp³-hybridized carbons (Fsp3) is 0.133. The first kappa shape index (κ1) is 12.7. The Hall–Kier alpha value is -1.74. The molecule has 2 rings (SSSR count). The van der Waals surface area contributed by atoms with Gasteiger partial charge in [0, 0.05) is 10.5 Å². The van der Waals surface area contributed by atoms with Gasteiger partial charge in [0.2, 0.25) is 0 Å². The highest BCUT2D eigenvalue weighted by Gasteiger charge is 2.13. The van der Waals surface area contributed by atoms with Crippen molar-refractivity contribution in [2.75, 3.05) is 0 Å². The van der Waals surface area contributed by atoms with Gasteiger partial charge in [-0.3, -0.25) is 4.79 Å². The number of carbonyl (C=O) groups is 1. The Labute approximate surface area is 109 Å². The first-order valence-corrected chi connectivity index (χ1v) is 6.83. The first-order valence-electron chi connectivity index (χ1n) is 5.68. The predicted octanol–water partition coefficient (Wildman–Crippen LogP) is 3.36. The molecular formula is C15H14O2S. The number of Topliss-reactive ketones (excluding diaryl/α,β-unsaturated/α-hetero) is 1. The summed E-state index contributed by atoms with van der Waals surface area (Å²) in [5, 5.41) is 0. The summed E-state index contributed by atoms with van der Waals surface area (Å²) in [4.78, 5) is 12.8. The lowest BCUT2D eigenvalue weighted by molar-refractivity contribution is 0.101. The van der Waals surface area contributed by atoms with E-state index in [0.717, 1.165) is 5.56 Å². The van der Waals surface area contributed by atoms with Gasteiger partial charge in [-0.25, -0.2) is 4.21 Å². The molecule has 0 unspecified atom stereocenters. The number of ketones is 1. The molecular weight excluding hydrogens is 244 g/mol. The highest BCUT2D eigenvalue weighted by molar-refractivity contribution is 7.85. The lowest BCUT2D eigenvalue weighted by Gasteiger charge is -2.07. The fourth-order valence-electron chi connectivity index (χ4n) is 1.71. The van der Waals surface area contributed by atoms with Gasteiger partial charge in [0.25, 0.3) is 0 Å². The maximum atomic E-state index is 12.4. The lowest BCUT2D eigenvalue weighted by Crippen LogP contribution is -2.02. The molecule has 18 heavy (non-hydrogen) atoms. The van der Waals surface area contributed by atoms with Crippen LogP contribution >= 0.6 is 0 Å². The molecule has 0 aliphatic rings. The molecule has 0 heterocycles. The van der Waals surface area contributed by atoms with E-state index in [1.165, 1.54) is 6.92 Å². The maximum absolute atomic E-state index is 12.4. The minimum atomic E-state index is -1.31. The van der Waals surface area contributed by atoms with Crippen LogP contribution in [-0.2, 0) is 10.8 Å². The summed E-state index contributed by atoms with van der Waals surface area (Å²) in [6.07, 6.45) is 0. The van der Waals surface area contributed by atoms with Crippen LogP contribution in [0.1, 0.15) is 22.8 Å². The van der Waals surface area contributed by atoms with E-state index in [1.54, 1.807) is 24.3 Å². The van der Waals surface area contributed by atoms with Crippen LogP contribution in [0.5, 0.6) is 0 Å². The van der Waals surface area contributed by atoms with E-state index in [1.807, 2.05) is 31.2 Å². The van der Waals surface area contributed by atoms with Crippen molar-refractivity contribution in [3.63, 3.8) is 0 Å². The second-order valence-electron chi connectivity index (χ2n) is 4.13. The van der Waals surface area contributed by atoms with Crippen LogP contribution in [0.25, 0.3) is 0 Å². The van der Waals surface area contributed by atoms with Crippen molar-refractivity contribution in [2.45, 2.75) is 23.6 Å². The third-order valence-electron chi connectivity index (χ3n) is 2.70. The molecule has 0 bridgehead atoms. The van der Waals surface area contributed by atoms with E-state index in [4.69, 9.17) is 0 Å². The summed E-state index contributed by atoms with van der Waals surface area (Å²) in [5.41, 5.74) is 1.65. The highest BCUT2D eigenvalue weighted by atomic mass is 32.2. The molecule has 0 aliphatic carbocycles. The van der Waals surface area contributed by atoms with Crippen molar-refractivity contribution in [3.05, 3.63) is 59.7 Å². The third kappa shape index (κ3) is 2.57. The van der Waals surface area contributed by atoms with E-state index in [0.29, 0.717) is 15.4 Å². The van der Waals surface area contributed by atoms with Gasteiger partial charge in [-0.1, -0.05) is 35.9 Å². The minimum absolute atomic E-state index is 0.0638. The quantitative estimate of drug-likeness (QED) is 0.791. The average molecular weight is 258 g/mol. The Bertz CT molecular complexity index is 600. The molecule has 2 aromatic rings. The molecule has 2 nitrogen and oxygen atoms in total. The second kappa shape index (κ2) is 5.27. The predicted molar refractivity (Wildman–Crippen MR) is 72.3 cm³/mol. The van der Waals surface area contributed by atoms with E-state index in [-0.39, 0.29) is 5.78 Å². The van der Waals surface area contributed by atoms with Gasteiger partial charge < -0.3 is 0 Å². The monoisotopic (exact) mass is 258 g/mol. The Morgan fingerprint density at radius 3 is 2.22 bits per heavy atom. The van der Waals surface area contributed by atoms with Crippen LogP contribution in [0.4, 0.5) is 0 Å². The van der Waals surface area contributed by atoms with Crippen LogP contribution in [0.2, 0.25) is 0 Å². The van der Waals surface area contributed by atoms with Gasteiger partial charge in [-0.2, -0.15) is 0 Å². The molecule has 3 heteroatoms. The smallest absolute Gasteiger partial charge is 0.161 e. The molecule has 0 spiro atoms. The van der Waals surface area contributed by atoms with E-state index >= 15 is 0 Å². The standard InChI is InChI=1S/C15H14O2S/c1-11-7-9-13(10-8-11)18(17)15-6-4-3-5-14(15)12(2)16/h3-10H,1-2H3/t18-/m0/s1. The van der Waals surface area contributed by atoms with E-state index in [9.17, 15) is 9.00 Å². The first-order chi connectivity index (χ1) is 8.59. The van der Waals surface area contributed by atoms with E-state index < -0.39 is 10.8 Å². The number of hydrogen-bond donors (Lipinski definition) is 0. The van der Waals surface area contributed by atoms with Crippen LogP contribution < -0.4 is 0 Å². The third-order valence-corrected chi connectivity index (χ3v) is 4.16. The molecule has 2 aromatic carbocycles. The number of hydrogen-bond acceptors (Lipinski definition) is 2. The maximum Gasteiger partial charge on any atom is 0.161 e. The fourth-order valence-corrected chi connectivity index (χ4v) is 2.96.